The van der Waals surface area contributed by atoms with E-state index < -0.39 is 0 Å². The van der Waals surface area contributed by atoms with Crippen LogP contribution >= 0.6 is 0 Å². The molecule has 0 aliphatic rings. The SMILES string of the molecule is CCCN(CCC)C(=O)Nc1ccc2c(c1)nnn2C. The number of aryl methyl sites for hydroxylation is 1. The smallest absolute Gasteiger partial charge is 0.321 e. The van der Waals surface area contributed by atoms with Gasteiger partial charge in [-0.2, -0.15) is 0 Å². The minimum atomic E-state index is -0.0584. The Morgan fingerprint density at radius 2 is 2.00 bits per heavy atom. The van der Waals surface area contributed by atoms with Crippen LogP contribution in [0.3, 0.4) is 0 Å². The van der Waals surface area contributed by atoms with Crippen molar-refractivity contribution in [2.24, 2.45) is 7.05 Å². The molecule has 0 unspecified atom stereocenters. The van der Waals surface area contributed by atoms with Crippen LogP contribution in [0.2, 0.25) is 0 Å². The van der Waals surface area contributed by atoms with E-state index in [0.29, 0.717) is 0 Å². The van der Waals surface area contributed by atoms with Gasteiger partial charge in [-0.15, -0.1) is 5.10 Å². The zero-order valence-corrected chi connectivity index (χ0v) is 12.3. The first-order valence-electron chi connectivity index (χ1n) is 7.01. The molecule has 0 radical (unpaired) electrons. The van der Waals surface area contributed by atoms with E-state index in [-0.39, 0.29) is 6.03 Å². The molecule has 1 N–H and O–H groups in total. The summed E-state index contributed by atoms with van der Waals surface area (Å²) in [6.45, 7) is 5.68. The maximum atomic E-state index is 12.2. The number of aromatic nitrogens is 3. The Morgan fingerprint density at radius 1 is 1.30 bits per heavy atom. The number of rotatable bonds is 5. The van der Waals surface area contributed by atoms with Crippen LogP contribution in [0.1, 0.15) is 26.7 Å². The normalized spacial score (nSPS) is 10.8. The van der Waals surface area contributed by atoms with Crippen LogP contribution in [0.5, 0.6) is 0 Å². The van der Waals surface area contributed by atoms with Crippen LogP contribution in [0.25, 0.3) is 11.0 Å². The number of anilines is 1. The van der Waals surface area contributed by atoms with Gasteiger partial charge < -0.3 is 10.2 Å². The second-order valence-corrected chi connectivity index (χ2v) is 4.83. The monoisotopic (exact) mass is 275 g/mol. The molecule has 1 heterocycles. The van der Waals surface area contributed by atoms with Gasteiger partial charge in [-0.05, 0) is 31.0 Å². The first kappa shape index (κ1) is 14.3. The molecule has 0 fully saturated rings. The lowest BCUT2D eigenvalue weighted by Gasteiger charge is -2.21. The zero-order chi connectivity index (χ0) is 14.5. The van der Waals surface area contributed by atoms with Crippen LogP contribution in [-0.2, 0) is 7.05 Å². The number of amides is 2. The molecule has 0 aliphatic carbocycles. The van der Waals surface area contributed by atoms with Crippen LogP contribution in [0, 0.1) is 0 Å². The van der Waals surface area contributed by atoms with Gasteiger partial charge in [-0.1, -0.05) is 19.1 Å². The van der Waals surface area contributed by atoms with Crippen molar-refractivity contribution in [2.45, 2.75) is 26.7 Å². The first-order valence-corrected chi connectivity index (χ1v) is 7.01. The second-order valence-electron chi connectivity index (χ2n) is 4.83. The first-order chi connectivity index (χ1) is 9.65. The van der Waals surface area contributed by atoms with Crippen molar-refractivity contribution in [1.29, 1.82) is 0 Å². The standard InChI is InChI=1S/C14H21N5O/c1-4-8-19(9-5-2)14(20)15-11-6-7-13-12(10-11)16-17-18(13)3/h6-7,10H,4-5,8-9H2,1-3H3,(H,15,20). The minimum Gasteiger partial charge on any atom is -0.325 e. The Bertz CT molecular complexity index is 586. The summed E-state index contributed by atoms with van der Waals surface area (Å²) in [5, 5.41) is 10.9. The highest BCUT2D eigenvalue weighted by Crippen LogP contribution is 2.16. The molecular weight excluding hydrogens is 254 g/mol. The molecule has 1 aromatic carbocycles. The van der Waals surface area contributed by atoms with E-state index in [1.807, 2.05) is 30.1 Å². The van der Waals surface area contributed by atoms with Crippen molar-refractivity contribution < 1.29 is 4.79 Å². The lowest BCUT2D eigenvalue weighted by Crippen LogP contribution is -2.36. The molecule has 0 saturated heterocycles. The van der Waals surface area contributed by atoms with Crippen molar-refractivity contribution in [2.75, 3.05) is 18.4 Å². The van der Waals surface area contributed by atoms with E-state index >= 15 is 0 Å². The van der Waals surface area contributed by atoms with E-state index in [2.05, 4.69) is 29.5 Å². The number of carbonyl (C=O) groups is 1. The lowest BCUT2D eigenvalue weighted by atomic mass is 10.2. The second kappa shape index (κ2) is 6.36. The van der Waals surface area contributed by atoms with E-state index in [1.54, 1.807) is 4.68 Å². The maximum Gasteiger partial charge on any atom is 0.321 e. The summed E-state index contributed by atoms with van der Waals surface area (Å²) >= 11 is 0. The van der Waals surface area contributed by atoms with E-state index in [4.69, 9.17) is 0 Å². The van der Waals surface area contributed by atoms with Gasteiger partial charge in [-0.3, -0.25) is 0 Å². The summed E-state index contributed by atoms with van der Waals surface area (Å²) in [5.74, 6) is 0. The van der Waals surface area contributed by atoms with Crippen LogP contribution in [0.15, 0.2) is 18.2 Å². The summed E-state index contributed by atoms with van der Waals surface area (Å²) in [5.41, 5.74) is 2.48. The molecule has 6 nitrogen and oxygen atoms in total. The number of hydrogen-bond acceptors (Lipinski definition) is 3. The summed E-state index contributed by atoms with van der Waals surface area (Å²) in [7, 11) is 1.85. The quantitative estimate of drug-likeness (QED) is 0.912. The van der Waals surface area contributed by atoms with E-state index in [1.165, 1.54) is 0 Å². The van der Waals surface area contributed by atoms with E-state index in [9.17, 15) is 4.79 Å². The zero-order valence-electron chi connectivity index (χ0n) is 12.3. The molecule has 2 aromatic rings. The lowest BCUT2D eigenvalue weighted by molar-refractivity contribution is 0.211. The number of carbonyl (C=O) groups excluding carboxylic acids is 1. The maximum absolute atomic E-state index is 12.2. The fourth-order valence-corrected chi connectivity index (χ4v) is 2.18. The highest BCUT2D eigenvalue weighted by molar-refractivity contribution is 5.91. The van der Waals surface area contributed by atoms with Crippen molar-refractivity contribution in [1.82, 2.24) is 19.9 Å². The largest absolute Gasteiger partial charge is 0.325 e. The topological polar surface area (TPSA) is 63.1 Å². The summed E-state index contributed by atoms with van der Waals surface area (Å²) in [6.07, 6.45) is 1.91. The number of fused-ring (bicyclic) bond motifs is 1. The number of urea groups is 1. The molecule has 0 bridgehead atoms. The molecule has 2 amide bonds. The van der Waals surface area contributed by atoms with Crippen LogP contribution < -0.4 is 5.32 Å². The number of nitrogens with zero attached hydrogens (tertiary/aromatic N) is 4. The average molecular weight is 275 g/mol. The van der Waals surface area contributed by atoms with Crippen LogP contribution in [-0.4, -0.2) is 39.0 Å². The molecule has 0 saturated carbocycles. The highest BCUT2D eigenvalue weighted by atomic mass is 16.2. The highest BCUT2D eigenvalue weighted by Gasteiger charge is 2.12. The fourth-order valence-electron chi connectivity index (χ4n) is 2.18. The minimum absolute atomic E-state index is 0.0584. The summed E-state index contributed by atoms with van der Waals surface area (Å²) in [4.78, 5) is 14.0. The molecule has 20 heavy (non-hydrogen) atoms. The number of hydrogen-bond donors (Lipinski definition) is 1. The molecular formula is C14H21N5O. The number of benzene rings is 1. The van der Waals surface area contributed by atoms with Crippen molar-refractivity contribution in [3.8, 4) is 0 Å². The molecule has 1 aromatic heterocycles. The third-order valence-electron chi connectivity index (χ3n) is 3.14. The van der Waals surface area contributed by atoms with Gasteiger partial charge in [0.05, 0.1) is 5.52 Å². The predicted molar refractivity (Wildman–Crippen MR) is 79.7 cm³/mol. The predicted octanol–water partition coefficient (Wildman–Crippen LogP) is 2.62. The van der Waals surface area contributed by atoms with E-state index in [0.717, 1.165) is 42.7 Å². The fraction of sp³-hybridized carbons (Fsp3) is 0.500. The average Bonchev–Trinajstić information content (AvgIpc) is 2.80. The molecule has 6 heteroatoms. The molecule has 108 valence electrons. The van der Waals surface area contributed by atoms with Gasteiger partial charge in [0, 0.05) is 25.8 Å². The Morgan fingerprint density at radius 3 is 2.65 bits per heavy atom. The van der Waals surface area contributed by atoms with Gasteiger partial charge in [0.25, 0.3) is 0 Å². The van der Waals surface area contributed by atoms with Crippen molar-refractivity contribution in [3.05, 3.63) is 18.2 Å². The Balaban J connectivity index is 2.11. The Kier molecular flexibility index (Phi) is 4.55. The molecule has 0 aliphatic heterocycles. The van der Waals surface area contributed by atoms with Gasteiger partial charge in [0.1, 0.15) is 5.52 Å². The van der Waals surface area contributed by atoms with Gasteiger partial charge in [0.15, 0.2) is 0 Å². The Labute approximate surface area is 118 Å². The molecule has 0 spiro atoms. The summed E-state index contributed by atoms with van der Waals surface area (Å²) < 4.78 is 1.71. The molecule has 0 atom stereocenters. The van der Waals surface area contributed by atoms with Crippen molar-refractivity contribution in [3.63, 3.8) is 0 Å². The van der Waals surface area contributed by atoms with Gasteiger partial charge in [-0.25, -0.2) is 9.48 Å². The molecule has 2 rings (SSSR count). The third-order valence-corrected chi connectivity index (χ3v) is 3.14. The van der Waals surface area contributed by atoms with Gasteiger partial charge in [0.2, 0.25) is 0 Å². The van der Waals surface area contributed by atoms with Crippen molar-refractivity contribution >= 4 is 22.8 Å². The Hall–Kier alpha value is -2.11. The van der Waals surface area contributed by atoms with Gasteiger partial charge >= 0.3 is 6.03 Å². The summed E-state index contributed by atoms with van der Waals surface area (Å²) in [6, 6.07) is 5.57. The third kappa shape index (κ3) is 3.07. The van der Waals surface area contributed by atoms with Crippen LogP contribution in [0.4, 0.5) is 10.5 Å². The number of nitrogens with one attached hydrogen (secondary N) is 1.